The van der Waals surface area contributed by atoms with Crippen molar-refractivity contribution in [2.75, 3.05) is 18.1 Å². The zero-order valence-electron chi connectivity index (χ0n) is 8.03. The van der Waals surface area contributed by atoms with E-state index in [1.54, 1.807) is 0 Å². The summed E-state index contributed by atoms with van der Waals surface area (Å²) in [4.78, 5) is 11.0. The first-order valence-electron chi connectivity index (χ1n) is 5.04. The van der Waals surface area contributed by atoms with Gasteiger partial charge in [0, 0.05) is 13.0 Å². The van der Waals surface area contributed by atoms with Gasteiger partial charge >= 0.3 is 0 Å². The number of sulfone groups is 1. The summed E-state index contributed by atoms with van der Waals surface area (Å²) in [6.07, 6.45) is 2.23. The summed E-state index contributed by atoms with van der Waals surface area (Å²) >= 11 is 0. The summed E-state index contributed by atoms with van der Waals surface area (Å²) in [6.45, 7) is 0.666. The fraction of sp³-hybridized carbons (Fsp3) is 0.889. The first-order valence-corrected chi connectivity index (χ1v) is 6.86. The van der Waals surface area contributed by atoms with Crippen molar-refractivity contribution in [1.82, 2.24) is 5.32 Å². The molecule has 2 atom stereocenters. The lowest BCUT2D eigenvalue weighted by atomic mass is 9.89. The van der Waals surface area contributed by atoms with Gasteiger partial charge in [0.15, 0.2) is 9.84 Å². The molecular formula is C9H15NO3S. The molecule has 4 nitrogen and oxygen atoms in total. The molecular weight excluding hydrogens is 202 g/mol. The van der Waals surface area contributed by atoms with E-state index >= 15 is 0 Å². The minimum absolute atomic E-state index is 0.0676. The molecule has 2 saturated heterocycles. The lowest BCUT2D eigenvalue weighted by molar-refractivity contribution is -0.119. The van der Waals surface area contributed by atoms with Crippen LogP contribution in [0.5, 0.6) is 0 Å². The van der Waals surface area contributed by atoms with Gasteiger partial charge in [0.05, 0.1) is 11.5 Å². The molecule has 2 heterocycles. The Morgan fingerprint density at radius 1 is 1.29 bits per heavy atom. The van der Waals surface area contributed by atoms with Crippen molar-refractivity contribution < 1.29 is 13.2 Å². The smallest absolute Gasteiger partial charge is 0.220 e. The number of carbonyl (C=O) groups is 1. The number of nitrogens with one attached hydrogen (secondary N) is 1. The molecule has 2 unspecified atom stereocenters. The molecule has 0 spiro atoms. The van der Waals surface area contributed by atoms with E-state index in [9.17, 15) is 13.2 Å². The van der Waals surface area contributed by atoms with E-state index < -0.39 is 9.84 Å². The number of hydrogen-bond acceptors (Lipinski definition) is 3. The fourth-order valence-electron chi connectivity index (χ4n) is 2.39. The van der Waals surface area contributed by atoms with Gasteiger partial charge in [0.2, 0.25) is 5.91 Å². The van der Waals surface area contributed by atoms with Crippen LogP contribution in [0.3, 0.4) is 0 Å². The van der Waals surface area contributed by atoms with E-state index in [0.29, 0.717) is 18.7 Å². The summed E-state index contributed by atoms with van der Waals surface area (Å²) in [5, 5.41) is 2.76. The summed E-state index contributed by atoms with van der Waals surface area (Å²) in [7, 11) is -2.83. The highest BCUT2D eigenvalue weighted by Gasteiger charge is 2.34. The molecule has 1 amide bonds. The van der Waals surface area contributed by atoms with Crippen molar-refractivity contribution >= 4 is 15.7 Å². The lowest BCUT2D eigenvalue weighted by Gasteiger charge is -2.25. The summed E-state index contributed by atoms with van der Waals surface area (Å²) in [5.41, 5.74) is 0. The first-order chi connectivity index (χ1) is 6.57. The van der Waals surface area contributed by atoms with Gasteiger partial charge in [-0.3, -0.25) is 4.79 Å². The molecule has 2 fully saturated rings. The maximum Gasteiger partial charge on any atom is 0.220 e. The van der Waals surface area contributed by atoms with Crippen LogP contribution >= 0.6 is 0 Å². The largest absolute Gasteiger partial charge is 0.356 e. The van der Waals surface area contributed by atoms with Gasteiger partial charge in [0.1, 0.15) is 0 Å². The molecule has 80 valence electrons. The molecule has 0 bridgehead atoms. The monoisotopic (exact) mass is 217 g/mol. The van der Waals surface area contributed by atoms with Crippen molar-refractivity contribution in [1.29, 1.82) is 0 Å². The van der Waals surface area contributed by atoms with Crippen LogP contribution in [0, 0.1) is 11.8 Å². The third kappa shape index (κ3) is 2.08. The highest BCUT2D eigenvalue weighted by molar-refractivity contribution is 7.91. The summed E-state index contributed by atoms with van der Waals surface area (Å²) < 4.78 is 22.8. The molecule has 1 N–H and O–H groups in total. The maximum atomic E-state index is 11.4. The Balaban J connectivity index is 2.01. The van der Waals surface area contributed by atoms with Crippen LogP contribution in [0.2, 0.25) is 0 Å². The Kier molecular flexibility index (Phi) is 2.51. The molecule has 0 radical (unpaired) electrons. The van der Waals surface area contributed by atoms with E-state index in [1.807, 2.05) is 0 Å². The third-order valence-corrected chi connectivity index (χ3v) is 5.02. The van der Waals surface area contributed by atoms with Gasteiger partial charge in [-0.2, -0.15) is 0 Å². The van der Waals surface area contributed by atoms with Crippen LogP contribution in [-0.4, -0.2) is 32.4 Å². The molecule has 2 aliphatic rings. The normalized spacial score (nSPS) is 36.7. The molecule has 0 saturated carbocycles. The van der Waals surface area contributed by atoms with Crippen molar-refractivity contribution in [3.8, 4) is 0 Å². The van der Waals surface area contributed by atoms with Crippen LogP contribution in [0.1, 0.15) is 19.3 Å². The van der Waals surface area contributed by atoms with Crippen LogP contribution in [-0.2, 0) is 14.6 Å². The first kappa shape index (κ1) is 9.96. The summed E-state index contributed by atoms with van der Waals surface area (Å²) in [5.74, 6) is 1.13. The Hall–Kier alpha value is -0.580. The molecule has 2 aliphatic heterocycles. The minimum Gasteiger partial charge on any atom is -0.356 e. The average Bonchev–Trinajstić information content (AvgIpc) is 2.50. The molecule has 14 heavy (non-hydrogen) atoms. The van der Waals surface area contributed by atoms with E-state index in [0.717, 1.165) is 12.8 Å². The summed E-state index contributed by atoms with van der Waals surface area (Å²) in [6, 6.07) is 0. The number of carbonyl (C=O) groups excluding carboxylic acids is 1. The van der Waals surface area contributed by atoms with Gasteiger partial charge in [0.25, 0.3) is 0 Å². The molecule has 2 rings (SSSR count). The standard InChI is InChI=1S/C9H15NO3S/c11-9-4-8(5-10-9)7-2-1-3-14(12,13)6-7/h7-8H,1-6H2,(H,10,11). The average molecular weight is 217 g/mol. The van der Waals surface area contributed by atoms with Gasteiger partial charge in [-0.1, -0.05) is 0 Å². The van der Waals surface area contributed by atoms with Crippen molar-refractivity contribution in [2.45, 2.75) is 19.3 Å². The second-order valence-corrected chi connectivity index (χ2v) is 6.51. The second-order valence-electron chi connectivity index (χ2n) is 4.28. The lowest BCUT2D eigenvalue weighted by Crippen LogP contribution is -2.31. The second kappa shape index (κ2) is 3.53. The quantitative estimate of drug-likeness (QED) is 0.669. The number of amides is 1. The van der Waals surface area contributed by atoms with Crippen molar-refractivity contribution in [3.05, 3.63) is 0 Å². The predicted molar refractivity (Wildman–Crippen MR) is 52.5 cm³/mol. The molecule has 0 aromatic heterocycles. The molecule has 0 aliphatic carbocycles. The van der Waals surface area contributed by atoms with E-state index in [1.165, 1.54) is 0 Å². The van der Waals surface area contributed by atoms with E-state index in [-0.39, 0.29) is 23.5 Å². The fourth-order valence-corrected chi connectivity index (χ4v) is 4.26. The minimum atomic E-state index is -2.83. The Morgan fingerprint density at radius 3 is 2.64 bits per heavy atom. The molecule has 0 aromatic carbocycles. The van der Waals surface area contributed by atoms with Crippen LogP contribution in [0.4, 0.5) is 0 Å². The van der Waals surface area contributed by atoms with Gasteiger partial charge in [-0.05, 0) is 24.7 Å². The predicted octanol–water partition coefficient (Wildman–Crippen LogP) is -0.0527. The topological polar surface area (TPSA) is 63.2 Å². The Morgan fingerprint density at radius 2 is 2.07 bits per heavy atom. The third-order valence-electron chi connectivity index (χ3n) is 3.17. The zero-order valence-corrected chi connectivity index (χ0v) is 8.85. The Labute approximate surface area is 84.0 Å². The van der Waals surface area contributed by atoms with Gasteiger partial charge in [-0.15, -0.1) is 0 Å². The van der Waals surface area contributed by atoms with Crippen molar-refractivity contribution in [2.24, 2.45) is 11.8 Å². The number of rotatable bonds is 1. The SMILES string of the molecule is O=C1CC(C2CCCS(=O)(=O)C2)CN1. The van der Waals surface area contributed by atoms with Gasteiger partial charge in [-0.25, -0.2) is 8.42 Å². The Bertz CT molecular complexity index is 336. The maximum absolute atomic E-state index is 11.4. The molecule has 5 heteroatoms. The zero-order chi connectivity index (χ0) is 10.2. The molecule has 0 aromatic rings. The van der Waals surface area contributed by atoms with Crippen LogP contribution < -0.4 is 5.32 Å². The van der Waals surface area contributed by atoms with Crippen LogP contribution in [0.15, 0.2) is 0 Å². The highest BCUT2D eigenvalue weighted by Crippen LogP contribution is 2.29. The van der Waals surface area contributed by atoms with E-state index in [2.05, 4.69) is 5.32 Å². The van der Waals surface area contributed by atoms with Gasteiger partial charge < -0.3 is 5.32 Å². The number of hydrogen-bond donors (Lipinski definition) is 1. The van der Waals surface area contributed by atoms with Crippen LogP contribution in [0.25, 0.3) is 0 Å². The van der Waals surface area contributed by atoms with Crippen molar-refractivity contribution in [3.63, 3.8) is 0 Å². The highest BCUT2D eigenvalue weighted by atomic mass is 32.2. The van der Waals surface area contributed by atoms with E-state index in [4.69, 9.17) is 0 Å².